The van der Waals surface area contributed by atoms with Crippen LogP contribution in [0.5, 0.6) is 6.01 Å². The number of ether oxygens (including phenoxy) is 1. The van der Waals surface area contributed by atoms with Crippen LogP contribution >= 0.6 is 0 Å². The first-order chi connectivity index (χ1) is 21.7. The van der Waals surface area contributed by atoms with E-state index in [1.807, 2.05) is 6.20 Å². The van der Waals surface area contributed by atoms with Crippen LogP contribution in [-0.4, -0.2) is 70.3 Å². The summed E-state index contributed by atoms with van der Waals surface area (Å²) in [5.74, 6) is 7.68. The summed E-state index contributed by atoms with van der Waals surface area (Å²) in [4.78, 5) is 20.7. The number of hydrogen-bond donors (Lipinski definition) is 1. The fourth-order valence-electron chi connectivity index (χ4n) is 8.43. The Balaban J connectivity index is 1.28. The normalized spacial score (nSPS) is 22.4. The summed E-state index contributed by atoms with van der Waals surface area (Å²) in [6.07, 6.45) is 11.0. The van der Waals surface area contributed by atoms with Crippen molar-refractivity contribution in [3.8, 4) is 29.1 Å². The summed E-state index contributed by atoms with van der Waals surface area (Å²) in [6, 6.07) is 14.4. The maximum absolute atomic E-state index is 6.64. The van der Waals surface area contributed by atoms with Crippen LogP contribution in [-0.2, 0) is 6.42 Å². The van der Waals surface area contributed by atoms with Crippen molar-refractivity contribution in [3.63, 3.8) is 0 Å². The summed E-state index contributed by atoms with van der Waals surface area (Å²) >= 11 is 0. The van der Waals surface area contributed by atoms with Crippen LogP contribution in [0.15, 0.2) is 42.6 Å². The Hall–Kier alpha value is -3.73. The number of fused-ring (bicyclic) bond motifs is 5. The highest BCUT2D eigenvalue weighted by Gasteiger charge is 2.45. The standard InChI is InChI=1S/C37H42N6O/c1-3-5-10-25-11-6-12-26-13-7-14-30(32(25)26)33-29(4-2)34-31(21-38-33)35(42-22-27-15-16-28(23-42)39-27)41-36(40-34)44-24-37-17-8-19-43(37)20-9-18-37/h6-7,11-14,21,27-28,39H,3-4,8-9,15-20,22-24H2,1-2H3. The molecular weight excluding hydrogens is 544 g/mol. The molecule has 4 saturated heterocycles. The Morgan fingerprint density at radius 2 is 1.77 bits per heavy atom. The predicted molar refractivity (Wildman–Crippen MR) is 177 cm³/mol. The summed E-state index contributed by atoms with van der Waals surface area (Å²) < 4.78 is 6.64. The van der Waals surface area contributed by atoms with Gasteiger partial charge < -0.3 is 15.0 Å². The zero-order chi connectivity index (χ0) is 29.7. The van der Waals surface area contributed by atoms with Gasteiger partial charge in [0.1, 0.15) is 12.4 Å². The number of piperazine rings is 1. The number of benzene rings is 2. The maximum atomic E-state index is 6.64. The molecule has 2 bridgehead atoms. The molecule has 7 heteroatoms. The quantitative estimate of drug-likeness (QED) is 0.273. The number of hydrogen-bond acceptors (Lipinski definition) is 7. The van der Waals surface area contributed by atoms with E-state index in [1.165, 1.54) is 57.0 Å². The highest BCUT2D eigenvalue weighted by atomic mass is 16.5. The third kappa shape index (κ3) is 4.71. The van der Waals surface area contributed by atoms with Gasteiger partial charge in [0.05, 0.1) is 22.1 Å². The van der Waals surface area contributed by atoms with Crippen molar-refractivity contribution in [1.29, 1.82) is 0 Å². The monoisotopic (exact) mass is 586 g/mol. The van der Waals surface area contributed by atoms with Gasteiger partial charge in [-0.3, -0.25) is 9.88 Å². The molecule has 2 atom stereocenters. The molecule has 6 heterocycles. The average Bonchev–Trinajstić information content (AvgIpc) is 3.74. The smallest absolute Gasteiger partial charge is 0.319 e. The molecular formula is C37H42N6O. The van der Waals surface area contributed by atoms with Gasteiger partial charge in [-0.05, 0) is 69.5 Å². The molecule has 226 valence electrons. The highest BCUT2D eigenvalue weighted by molar-refractivity contribution is 6.03. The summed E-state index contributed by atoms with van der Waals surface area (Å²) in [6.45, 7) is 9.23. The molecule has 4 aromatic rings. The largest absolute Gasteiger partial charge is 0.461 e. The molecule has 0 spiro atoms. The van der Waals surface area contributed by atoms with Gasteiger partial charge in [-0.25, -0.2) is 0 Å². The first-order valence-electron chi connectivity index (χ1n) is 16.8. The van der Waals surface area contributed by atoms with Crippen LogP contribution in [0.1, 0.15) is 69.9 Å². The van der Waals surface area contributed by atoms with Gasteiger partial charge >= 0.3 is 6.01 Å². The van der Waals surface area contributed by atoms with Crippen LogP contribution in [0.4, 0.5) is 5.82 Å². The molecule has 1 N–H and O–H groups in total. The Morgan fingerprint density at radius 1 is 1.00 bits per heavy atom. The predicted octanol–water partition coefficient (Wildman–Crippen LogP) is 6.12. The van der Waals surface area contributed by atoms with Crippen molar-refractivity contribution < 1.29 is 4.74 Å². The molecule has 4 fully saturated rings. The van der Waals surface area contributed by atoms with E-state index in [0.29, 0.717) is 24.7 Å². The Kier molecular flexibility index (Phi) is 7.15. The molecule has 2 aromatic carbocycles. The van der Waals surface area contributed by atoms with Crippen molar-refractivity contribution in [2.24, 2.45) is 0 Å². The molecule has 44 heavy (non-hydrogen) atoms. The average molecular weight is 587 g/mol. The minimum Gasteiger partial charge on any atom is -0.461 e. The van der Waals surface area contributed by atoms with Crippen molar-refractivity contribution in [2.45, 2.75) is 82.8 Å². The van der Waals surface area contributed by atoms with Crippen LogP contribution in [0.25, 0.3) is 32.9 Å². The second-order valence-electron chi connectivity index (χ2n) is 13.1. The SMILES string of the molecule is CCC#Cc1cccc2cccc(-c3ncc4c(N5CC6CCC(C5)N6)nc(OCC56CCCN5CCC6)nc4c3CC)c12. The molecule has 0 aliphatic carbocycles. The first-order valence-corrected chi connectivity index (χ1v) is 16.8. The van der Waals surface area contributed by atoms with Crippen molar-refractivity contribution in [2.75, 3.05) is 37.7 Å². The number of anilines is 1. The highest BCUT2D eigenvalue weighted by Crippen LogP contribution is 2.41. The van der Waals surface area contributed by atoms with Gasteiger partial charge in [0, 0.05) is 59.9 Å². The van der Waals surface area contributed by atoms with E-state index in [2.05, 4.69) is 77.2 Å². The van der Waals surface area contributed by atoms with Gasteiger partial charge in [0.2, 0.25) is 0 Å². The second-order valence-corrected chi connectivity index (χ2v) is 13.1. The minimum atomic E-state index is 0.141. The Morgan fingerprint density at radius 3 is 2.52 bits per heavy atom. The molecule has 7 nitrogen and oxygen atoms in total. The van der Waals surface area contributed by atoms with Gasteiger partial charge in [0.25, 0.3) is 0 Å². The number of aromatic nitrogens is 3. The van der Waals surface area contributed by atoms with Gasteiger partial charge in [-0.1, -0.05) is 56.0 Å². The number of nitrogens with one attached hydrogen (secondary N) is 1. The summed E-state index contributed by atoms with van der Waals surface area (Å²) in [5, 5.41) is 7.13. The lowest BCUT2D eigenvalue weighted by Crippen LogP contribution is -2.51. The Bertz CT molecular complexity index is 1760. The third-order valence-corrected chi connectivity index (χ3v) is 10.5. The third-order valence-electron chi connectivity index (χ3n) is 10.5. The summed E-state index contributed by atoms with van der Waals surface area (Å²) in [7, 11) is 0. The van der Waals surface area contributed by atoms with Gasteiger partial charge in [0.15, 0.2) is 0 Å². The molecule has 0 amide bonds. The van der Waals surface area contributed by atoms with Crippen LogP contribution in [0.2, 0.25) is 0 Å². The molecule has 4 aliphatic heterocycles. The lowest BCUT2D eigenvalue weighted by Gasteiger charge is -2.35. The maximum Gasteiger partial charge on any atom is 0.319 e. The number of rotatable bonds is 6. The second kappa shape index (κ2) is 11.3. The molecule has 8 rings (SSSR count). The molecule has 2 aromatic heterocycles. The van der Waals surface area contributed by atoms with Crippen molar-refractivity contribution in [1.82, 2.24) is 25.2 Å². The van der Waals surface area contributed by atoms with Crippen molar-refractivity contribution in [3.05, 3.63) is 53.7 Å². The van der Waals surface area contributed by atoms with Crippen molar-refractivity contribution >= 4 is 27.5 Å². The number of nitrogens with zero attached hydrogens (tertiary/aromatic N) is 5. The fraction of sp³-hybridized carbons (Fsp3) is 0.486. The molecule has 0 radical (unpaired) electrons. The number of pyridine rings is 1. The van der Waals surface area contributed by atoms with E-state index < -0.39 is 0 Å². The van der Waals surface area contributed by atoms with E-state index in [1.54, 1.807) is 0 Å². The first kappa shape index (κ1) is 27.8. The van der Waals surface area contributed by atoms with Gasteiger partial charge in [-0.15, -0.1) is 0 Å². The molecule has 2 unspecified atom stereocenters. The van der Waals surface area contributed by atoms with E-state index in [9.17, 15) is 0 Å². The lowest BCUT2D eigenvalue weighted by atomic mass is 9.93. The zero-order valence-electron chi connectivity index (χ0n) is 26.0. The van der Waals surface area contributed by atoms with Crippen LogP contribution < -0.4 is 15.0 Å². The topological polar surface area (TPSA) is 66.4 Å². The lowest BCUT2D eigenvalue weighted by molar-refractivity contribution is 0.108. The fourth-order valence-corrected chi connectivity index (χ4v) is 8.43. The van der Waals surface area contributed by atoms with Gasteiger partial charge in [-0.2, -0.15) is 9.97 Å². The summed E-state index contributed by atoms with van der Waals surface area (Å²) in [5.41, 5.74) is 5.37. The Labute approximate surface area is 260 Å². The van der Waals surface area contributed by atoms with Crippen LogP contribution in [0, 0.1) is 11.8 Å². The zero-order valence-corrected chi connectivity index (χ0v) is 26.0. The van der Waals surface area contributed by atoms with E-state index in [4.69, 9.17) is 19.7 Å². The van der Waals surface area contributed by atoms with E-state index >= 15 is 0 Å². The van der Waals surface area contributed by atoms with Crippen LogP contribution in [0.3, 0.4) is 0 Å². The molecule has 0 saturated carbocycles. The van der Waals surface area contributed by atoms with E-state index in [0.717, 1.165) is 70.4 Å². The number of aryl methyl sites for hydroxylation is 1. The minimum absolute atomic E-state index is 0.141. The van der Waals surface area contributed by atoms with E-state index in [-0.39, 0.29) is 5.54 Å². The molecule has 4 aliphatic rings.